The fraction of sp³-hybridized carbons (Fsp3) is 0.818. The Balaban J connectivity index is 2.30. The average molecular weight is 853 g/mol. The number of benzene rings is 1. The molecule has 0 aliphatic heterocycles. The Morgan fingerprint density at radius 1 is 0.393 bits per heavy atom. The molecule has 0 saturated carbocycles. The van der Waals surface area contributed by atoms with Crippen molar-refractivity contribution in [1.29, 1.82) is 0 Å². The van der Waals surface area contributed by atoms with E-state index in [2.05, 4.69) is 72.3 Å². The van der Waals surface area contributed by atoms with Crippen molar-refractivity contribution in [2.75, 3.05) is 52.5 Å². The van der Waals surface area contributed by atoms with E-state index < -0.39 is 0 Å². The lowest BCUT2D eigenvalue weighted by Crippen LogP contribution is -2.21. The summed E-state index contributed by atoms with van der Waals surface area (Å²) in [7, 11) is 0. The largest absolute Gasteiger partial charge is 0.490 e. The van der Waals surface area contributed by atoms with Crippen molar-refractivity contribution in [3.63, 3.8) is 0 Å². The van der Waals surface area contributed by atoms with Crippen LogP contribution in [0.2, 0.25) is 0 Å². The van der Waals surface area contributed by atoms with Crippen molar-refractivity contribution in [3.8, 4) is 11.5 Å². The van der Waals surface area contributed by atoms with Gasteiger partial charge in [0.1, 0.15) is 0 Å². The first-order chi connectivity index (χ1) is 30.3. The van der Waals surface area contributed by atoms with Gasteiger partial charge >= 0.3 is 0 Å². The summed E-state index contributed by atoms with van der Waals surface area (Å²) < 4.78 is 12.8. The number of hydrogen-bond acceptors (Lipinski definition) is 6. The standard InChI is InChI=1S/C55H104N4O2/c1-3-5-7-9-11-13-15-17-19-21-23-25-27-29-31-39-49-60-54-42-41-53(52-59-48-38-37-47-58-46-36-35-45-57-44-34-33-43-56)51-55(54)61-50-40-32-30-28-26-24-22-20-18-16-14-12-10-8-6-4-2/h17-20,41-42,51,57-59H,3-16,21-40,43-50,52,56H2,1-2H3/b19-17+,20-18+. The number of hydrogen-bond donors (Lipinski definition) is 4. The topological polar surface area (TPSA) is 80.6 Å². The van der Waals surface area contributed by atoms with Gasteiger partial charge in [0.25, 0.3) is 0 Å². The van der Waals surface area contributed by atoms with Crippen LogP contribution in [0.4, 0.5) is 0 Å². The molecule has 1 aromatic carbocycles. The van der Waals surface area contributed by atoms with E-state index in [0.29, 0.717) is 0 Å². The molecule has 0 bridgehead atoms. The predicted octanol–water partition coefficient (Wildman–Crippen LogP) is 15.1. The number of ether oxygens (including phenoxy) is 2. The minimum atomic E-state index is 0.765. The van der Waals surface area contributed by atoms with Gasteiger partial charge in [-0.2, -0.15) is 0 Å². The first kappa shape index (κ1) is 57.2. The maximum absolute atomic E-state index is 6.43. The van der Waals surface area contributed by atoms with Crippen LogP contribution in [0.5, 0.6) is 11.5 Å². The molecular formula is C55H104N4O2. The number of allylic oxidation sites excluding steroid dienone is 4. The van der Waals surface area contributed by atoms with Crippen LogP contribution in [0, 0.1) is 0 Å². The van der Waals surface area contributed by atoms with Crippen LogP contribution in [-0.4, -0.2) is 52.5 Å². The molecule has 5 N–H and O–H groups in total. The predicted molar refractivity (Wildman–Crippen MR) is 271 cm³/mol. The van der Waals surface area contributed by atoms with Gasteiger partial charge in [-0.1, -0.05) is 160 Å². The third kappa shape index (κ3) is 41.9. The van der Waals surface area contributed by atoms with E-state index in [-0.39, 0.29) is 0 Å². The molecule has 0 heterocycles. The number of nitrogens with two attached hydrogens (primary N) is 1. The van der Waals surface area contributed by atoms with Gasteiger partial charge in [-0.25, -0.2) is 0 Å². The molecule has 0 radical (unpaired) electrons. The summed E-state index contributed by atoms with van der Waals surface area (Å²) in [6, 6.07) is 6.59. The van der Waals surface area contributed by atoms with E-state index in [4.69, 9.17) is 15.2 Å². The second-order valence-electron chi connectivity index (χ2n) is 17.9. The molecule has 1 aromatic rings. The van der Waals surface area contributed by atoms with E-state index >= 15 is 0 Å². The Morgan fingerprint density at radius 3 is 1.18 bits per heavy atom. The van der Waals surface area contributed by atoms with Crippen LogP contribution >= 0.6 is 0 Å². The summed E-state index contributed by atoms with van der Waals surface area (Å²) in [6.45, 7) is 13.3. The lowest BCUT2D eigenvalue weighted by Gasteiger charge is -2.15. The molecule has 0 spiro atoms. The Labute approximate surface area is 380 Å². The van der Waals surface area contributed by atoms with Gasteiger partial charge in [0, 0.05) is 6.54 Å². The van der Waals surface area contributed by atoms with E-state index in [1.54, 1.807) is 0 Å². The molecule has 356 valence electrons. The van der Waals surface area contributed by atoms with Crippen LogP contribution in [0.25, 0.3) is 0 Å². The van der Waals surface area contributed by atoms with E-state index in [1.165, 1.54) is 205 Å². The van der Waals surface area contributed by atoms with Crippen molar-refractivity contribution in [3.05, 3.63) is 48.1 Å². The summed E-state index contributed by atoms with van der Waals surface area (Å²) >= 11 is 0. The number of nitrogens with one attached hydrogen (secondary N) is 3. The first-order valence-electron chi connectivity index (χ1n) is 26.8. The molecule has 6 heteroatoms. The minimum absolute atomic E-state index is 0.765. The van der Waals surface area contributed by atoms with Crippen molar-refractivity contribution in [2.24, 2.45) is 5.73 Å². The van der Waals surface area contributed by atoms with Crippen molar-refractivity contribution < 1.29 is 9.47 Å². The SMILES string of the molecule is CCCCCCCC/C=C/CCCCCCCCOc1ccc(CNCCCCNCCCCNCCCCN)cc1OCCCCCCCC/C=C/CCCCCCCC. The molecule has 0 fully saturated rings. The maximum Gasteiger partial charge on any atom is 0.161 e. The Morgan fingerprint density at radius 2 is 0.754 bits per heavy atom. The Hall–Kier alpha value is -1.86. The average Bonchev–Trinajstić information content (AvgIpc) is 3.27. The van der Waals surface area contributed by atoms with Crippen molar-refractivity contribution >= 4 is 0 Å². The minimum Gasteiger partial charge on any atom is -0.490 e. The summed E-state index contributed by atoms with van der Waals surface area (Å²) in [4.78, 5) is 0. The van der Waals surface area contributed by atoms with Crippen LogP contribution in [0.1, 0.15) is 238 Å². The van der Waals surface area contributed by atoms with E-state index in [9.17, 15) is 0 Å². The zero-order valence-corrected chi connectivity index (χ0v) is 40.8. The number of unbranched alkanes of at least 4 members (excludes halogenated alkanes) is 27. The zero-order chi connectivity index (χ0) is 43.6. The molecule has 0 atom stereocenters. The zero-order valence-electron chi connectivity index (χ0n) is 40.8. The summed E-state index contributed by atoms with van der Waals surface area (Å²) in [6.07, 6.45) is 53.9. The molecular weight excluding hydrogens is 749 g/mol. The van der Waals surface area contributed by atoms with Crippen molar-refractivity contribution in [1.82, 2.24) is 16.0 Å². The monoisotopic (exact) mass is 853 g/mol. The fourth-order valence-electron chi connectivity index (χ4n) is 7.83. The molecule has 0 aliphatic rings. The molecule has 61 heavy (non-hydrogen) atoms. The van der Waals surface area contributed by atoms with Crippen molar-refractivity contribution in [2.45, 2.75) is 239 Å². The highest BCUT2D eigenvalue weighted by molar-refractivity contribution is 5.43. The maximum atomic E-state index is 6.43. The second-order valence-corrected chi connectivity index (χ2v) is 17.9. The van der Waals surface area contributed by atoms with Gasteiger partial charge in [-0.3, -0.25) is 0 Å². The van der Waals surface area contributed by atoms with Gasteiger partial charge in [0.15, 0.2) is 11.5 Å². The Bertz CT molecular complexity index is 1060. The van der Waals surface area contributed by atoms with Gasteiger partial charge in [0.2, 0.25) is 0 Å². The highest BCUT2D eigenvalue weighted by Gasteiger charge is 2.08. The molecule has 1 rings (SSSR count). The quantitative estimate of drug-likeness (QED) is 0.0386. The highest BCUT2D eigenvalue weighted by Crippen LogP contribution is 2.29. The Kier molecular flexibility index (Phi) is 46.1. The third-order valence-electron chi connectivity index (χ3n) is 11.9. The third-order valence-corrected chi connectivity index (χ3v) is 11.9. The fourth-order valence-corrected chi connectivity index (χ4v) is 7.83. The molecule has 0 aliphatic carbocycles. The lowest BCUT2D eigenvalue weighted by molar-refractivity contribution is 0.258. The van der Waals surface area contributed by atoms with Gasteiger partial charge in [-0.15, -0.1) is 0 Å². The normalized spacial score (nSPS) is 11.8. The summed E-state index contributed by atoms with van der Waals surface area (Å²) in [5.74, 6) is 1.83. The summed E-state index contributed by atoms with van der Waals surface area (Å²) in [5, 5.41) is 10.8. The molecule has 6 nitrogen and oxygen atoms in total. The van der Waals surface area contributed by atoms with Crippen LogP contribution in [0.15, 0.2) is 42.5 Å². The molecule has 0 unspecified atom stereocenters. The van der Waals surface area contributed by atoms with E-state index in [0.717, 1.165) is 89.8 Å². The van der Waals surface area contributed by atoms with Gasteiger partial charge < -0.3 is 31.2 Å². The molecule has 0 saturated heterocycles. The van der Waals surface area contributed by atoms with Crippen LogP contribution < -0.4 is 31.2 Å². The highest BCUT2D eigenvalue weighted by atomic mass is 16.5. The molecule has 0 amide bonds. The molecule has 0 aromatic heterocycles. The second kappa shape index (κ2) is 49.2. The number of rotatable bonds is 50. The first-order valence-corrected chi connectivity index (χ1v) is 26.8. The smallest absolute Gasteiger partial charge is 0.161 e. The van der Waals surface area contributed by atoms with E-state index in [1.807, 2.05) is 0 Å². The summed E-state index contributed by atoms with van der Waals surface area (Å²) in [5.41, 5.74) is 6.84. The van der Waals surface area contributed by atoms with Gasteiger partial charge in [0.05, 0.1) is 13.2 Å². The lowest BCUT2D eigenvalue weighted by atomic mass is 10.1. The van der Waals surface area contributed by atoms with Gasteiger partial charge in [-0.05, 0) is 160 Å². The van der Waals surface area contributed by atoms with Crippen LogP contribution in [0.3, 0.4) is 0 Å². The van der Waals surface area contributed by atoms with Crippen LogP contribution in [-0.2, 0) is 6.54 Å².